The molecule has 1 heterocycles. The van der Waals surface area contributed by atoms with Crippen LogP contribution < -0.4 is 10.5 Å². The third-order valence-electron chi connectivity index (χ3n) is 3.78. The van der Waals surface area contributed by atoms with Crippen LogP contribution in [0.5, 0.6) is 5.75 Å². The predicted molar refractivity (Wildman–Crippen MR) is 106 cm³/mol. The van der Waals surface area contributed by atoms with E-state index >= 15 is 0 Å². The van der Waals surface area contributed by atoms with Crippen molar-refractivity contribution in [3.63, 3.8) is 0 Å². The van der Waals surface area contributed by atoms with Crippen molar-refractivity contribution in [2.24, 2.45) is 0 Å². The van der Waals surface area contributed by atoms with E-state index < -0.39 is 0 Å². The van der Waals surface area contributed by atoms with Crippen molar-refractivity contribution < 1.29 is 4.74 Å². The van der Waals surface area contributed by atoms with Gasteiger partial charge in [-0.25, -0.2) is 9.97 Å². The highest BCUT2D eigenvalue weighted by atomic mass is 16.5. The summed E-state index contributed by atoms with van der Waals surface area (Å²) in [6.45, 7) is 2.23. The second kappa shape index (κ2) is 8.00. The molecule has 0 saturated carbocycles. The van der Waals surface area contributed by atoms with Gasteiger partial charge in [0.1, 0.15) is 12.4 Å². The van der Waals surface area contributed by atoms with Gasteiger partial charge in [-0.2, -0.15) is 0 Å². The quantitative estimate of drug-likeness (QED) is 0.703. The van der Waals surface area contributed by atoms with E-state index in [9.17, 15) is 0 Å². The van der Waals surface area contributed by atoms with Gasteiger partial charge in [-0.3, -0.25) is 0 Å². The standard InChI is InChI=1S/C22H19N3O/c1-3-12-26-19-11-7-10-18(14-19)21-15-20(24-22(23)25-21)16(2)13-17-8-5-4-6-9-17/h1,4-11,13-15H,12H2,2H3,(H2,23,24,25)/b16-13-. The Bertz CT molecular complexity index is 972. The Morgan fingerprint density at radius 2 is 1.92 bits per heavy atom. The number of anilines is 1. The van der Waals surface area contributed by atoms with Crippen molar-refractivity contribution in [3.05, 3.63) is 71.9 Å². The number of aromatic nitrogens is 2. The van der Waals surface area contributed by atoms with Crippen LogP contribution in [0.25, 0.3) is 22.9 Å². The topological polar surface area (TPSA) is 61.0 Å². The maximum Gasteiger partial charge on any atom is 0.221 e. The first kappa shape index (κ1) is 17.2. The fourth-order valence-corrected chi connectivity index (χ4v) is 2.56. The molecule has 0 radical (unpaired) electrons. The third-order valence-corrected chi connectivity index (χ3v) is 3.78. The zero-order valence-corrected chi connectivity index (χ0v) is 14.5. The first-order valence-electron chi connectivity index (χ1n) is 8.20. The van der Waals surface area contributed by atoms with Gasteiger partial charge < -0.3 is 10.5 Å². The van der Waals surface area contributed by atoms with E-state index in [0.29, 0.717) is 5.75 Å². The van der Waals surface area contributed by atoms with Gasteiger partial charge in [-0.05, 0) is 42.3 Å². The van der Waals surface area contributed by atoms with Crippen LogP contribution in [0.3, 0.4) is 0 Å². The lowest BCUT2D eigenvalue weighted by Crippen LogP contribution is -2.00. The van der Waals surface area contributed by atoms with E-state index in [0.717, 1.165) is 28.1 Å². The molecule has 0 unspecified atom stereocenters. The van der Waals surface area contributed by atoms with Crippen LogP contribution in [0.4, 0.5) is 5.95 Å². The van der Waals surface area contributed by atoms with E-state index in [4.69, 9.17) is 16.9 Å². The molecule has 128 valence electrons. The van der Waals surface area contributed by atoms with Crippen LogP contribution in [0.1, 0.15) is 18.2 Å². The van der Waals surface area contributed by atoms with Crippen LogP contribution in [0, 0.1) is 12.3 Å². The van der Waals surface area contributed by atoms with Gasteiger partial charge in [0.15, 0.2) is 0 Å². The number of nitrogen functional groups attached to an aromatic ring is 1. The highest BCUT2D eigenvalue weighted by Gasteiger charge is 2.08. The summed E-state index contributed by atoms with van der Waals surface area (Å²) in [6, 6.07) is 19.6. The van der Waals surface area contributed by atoms with E-state index in [-0.39, 0.29) is 12.6 Å². The SMILES string of the molecule is C#CCOc1cccc(-c2cc(/C(C)=C\c3ccccc3)nc(N)n2)c1. The van der Waals surface area contributed by atoms with Crippen molar-refractivity contribution in [2.45, 2.75) is 6.92 Å². The zero-order chi connectivity index (χ0) is 18.4. The molecule has 0 fully saturated rings. The summed E-state index contributed by atoms with van der Waals surface area (Å²) in [6.07, 6.45) is 7.31. The largest absolute Gasteiger partial charge is 0.481 e. The average Bonchev–Trinajstić information content (AvgIpc) is 2.67. The summed E-state index contributed by atoms with van der Waals surface area (Å²) in [5.74, 6) is 3.38. The van der Waals surface area contributed by atoms with Crippen molar-refractivity contribution in [3.8, 4) is 29.4 Å². The van der Waals surface area contributed by atoms with Gasteiger partial charge in [0.25, 0.3) is 0 Å². The predicted octanol–water partition coefficient (Wildman–Crippen LogP) is 4.30. The van der Waals surface area contributed by atoms with Gasteiger partial charge in [0.2, 0.25) is 5.95 Å². The lowest BCUT2D eigenvalue weighted by Gasteiger charge is -2.08. The molecule has 3 aromatic rings. The molecule has 2 aromatic carbocycles. The Hall–Kier alpha value is -3.58. The molecule has 26 heavy (non-hydrogen) atoms. The third kappa shape index (κ3) is 4.28. The molecule has 0 aliphatic rings. The Morgan fingerprint density at radius 3 is 2.69 bits per heavy atom. The molecule has 0 aliphatic carbocycles. The molecule has 4 nitrogen and oxygen atoms in total. The molecule has 0 spiro atoms. The molecule has 3 rings (SSSR count). The number of allylic oxidation sites excluding steroid dienone is 1. The van der Waals surface area contributed by atoms with Gasteiger partial charge in [0.05, 0.1) is 11.4 Å². The maximum absolute atomic E-state index is 5.94. The van der Waals surface area contributed by atoms with Crippen molar-refractivity contribution in [1.29, 1.82) is 0 Å². The molecule has 0 aliphatic heterocycles. The highest BCUT2D eigenvalue weighted by molar-refractivity contribution is 5.80. The molecule has 0 amide bonds. The summed E-state index contributed by atoms with van der Waals surface area (Å²) in [4.78, 5) is 8.73. The summed E-state index contributed by atoms with van der Waals surface area (Å²) in [5.41, 5.74) is 10.5. The molecular formula is C22H19N3O. The molecular weight excluding hydrogens is 322 g/mol. The monoisotopic (exact) mass is 341 g/mol. The normalized spacial score (nSPS) is 11.0. The number of nitrogens with two attached hydrogens (primary N) is 1. The molecule has 0 saturated heterocycles. The van der Waals surface area contributed by atoms with Crippen molar-refractivity contribution >= 4 is 17.6 Å². The lowest BCUT2D eigenvalue weighted by molar-refractivity contribution is 0.370. The minimum atomic E-state index is 0.222. The van der Waals surface area contributed by atoms with E-state index in [1.54, 1.807) is 0 Å². The second-order valence-corrected chi connectivity index (χ2v) is 5.76. The van der Waals surface area contributed by atoms with Gasteiger partial charge >= 0.3 is 0 Å². The fraction of sp³-hybridized carbons (Fsp3) is 0.0909. The number of nitrogens with zero attached hydrogens (tertiary/aromatic N) is 2. The Kier molecular flexibility index (Phi) is 5.31. The lowest BCUT2D eigenvalue weighted by atomic mass is 10.1. The molecule has 0 bridgehead atoms. The van der Waals surface area contributed by atoms with Crippen molar-refractivity contribution in [1.82, 2.24) is 9.97 Å². The molecule has 4 heteroatoms. The maximum atomic E-state index is 5.94. The number of hydrogen-bond acceptors (Lipinski definition) is 4. The molecule has 0 atom stereocenters. The second-order valence-electron chi connectivity index (χ2n) is 5.76. The fourth-order valence-electron chi connectivity index (χ4n) is 2.56. The minimum absolute atomic E-state index is 0.222. The van der Waals surface area contributed by atoms with Crippen LogP contribution in [0.15, 0.2) is 60.7 Å². The number of terminal acetylenes is 1. The van der Waals surface area contributed by atoms with Crippen LogP contribution in [-0.4, -0.2) is 16.6 Å². The number of ether oxygens (including phenoxy) is 1. The van der Waals surface area contributed by atoms with Crippen LogP contribution in [0.2, 0.25) is 0 Å². The van der Waals surface area contributed by atoms with Crippen LogP contribution in [-0.2, 0) is 0 Å². The summed E-state index contributed by atoms with van der Waals surface area (Å²) < 4.78 is 5.48. The Balaban J connectivity index is 1.96. The molecule has 1 aromatic heterocycles. The Labute approximate surface area is 153 Å². The molecule has 2 N–H and O–H groups in total. The first-order valence-corrected chi connectivity index (χ1v) is 8.20. The number of rotatable bonds is 5. The van der Waals surface area contributed by atoms with E-state index in [1.165, 1.54) is 0 Å². The van der Waals surface area contributed by atoms with Crippen LogP contribution >= 0.6 is 0 Å². The smallest absolute Gasteiger partial charge is 0.221 e. The van der Waals surface area contributed by atoms with Crippen molar-refractivity contribution in [2.75, 3.05) is 12.3 Å². The highest BCUT2D eigenvalue weighted by Crippen LogP contribution is 2.26. The van der Waals surface area contributed by atoms with Gasteiger partial charge in [-0.1, -0.05) is 48.4 Å². The van der Waals surface area contributed by atoms with Gasteiger partial charge in [-0.15, -0.1) is 6.42 Å². The number of hydrogen-bond donors (Lipinski definition) is 1. The zero-order valence-electron chi connectivity index (χ0n) is 14.5. The summed E-state index contributed by atoms with van der Waals surface area (Å²) in [7, 11) is 0. The minimum Gasteiger partial charge on any atom is -0.481 e. The summed E-state index contributed by atoms with van der Waals surface area (Å²) in [5, 5.41) is 0. The Morgan fingerprint density at radius 1 is 1.12 bits per heavy atom. The number of benzene rings is 2. The average molecular weight is 341 g/mol. The summed E-state index contributed by atoms with van der Waals surface area (Å²) >= 11 is 0. The van der Waals surface area contributed by atoms with E-state index in [1.807, 2.05) is 67.6 Å². The van der Waals surface area contributed by atoms with E-state index in [2.05, 4.69) is 22.0 Å². The van der Waals surface area contributed by atoms with Gasteiger partial charge in [0, 0.05) is 5.56 Å². The first-order chi connectivity index (χ1) is 12.7.